The second-order valence-electron chi connectivity index (χ2n) is 17.2. The molecule has 1 atom stereocenters. The average molecular weight is 783 g/mol. The molecule has 0 radical (unpaired) electrons. The van der Waals surface area contributed by atoms with Crippen LogP contribution in [0.15, 0.2) is 111 Å². The number of hydrogen-bond acceptors (Lipinski definition) is 0. The average Bonchev–Trinajstić information content (AvgIpc) is 3.61. The molecule has 0 saturated carbocycles. The Balaban J connectivity index is 0.00000281. The molecule has 4 aromatic carbocycles. The van der Waals surface area contributed by atoms with Crippen LogP contribution in [0.3, 0.4) is 0 Å². The molecule has 3 heteroatoms. The van der Waals surface area contributed by atoms with Crippen molar-refractivity contribution >= 4 is 6.48 Å². The van der Waals surface area contributed by atoms with E-state index in [1.165, 1.54) is 38.9 Å². The molecule has 262 valence electrons. The summed E-state index contributed by atoms with van der Waals surface area (Å²) in [5, 5.41) is 0. The van der Waals surface area contributed by atoms with Gasteiger partial charge in [-0.1, -0.05) is 0 Å². The molecule has 0 nitrogen and oxygen atoms in total. The summed E-state index contributed by atoms with van der Waals surface area (Å²) in [7, 11) is 0. The maximum Gasteiger partial charge on any atom is -1.00 e. The van der Waals surface area contributed by atoms with Gasteiger partial charge in [0.1, 0.15) is 0 Å². The van der Waals surface area contributed by atoms with Crippen LogP contribution in [0.1, 0.15) is 122 Å². The van der Waals surface area contributed by atoms with Gasteiger partial charge in [0.05, 0.1) is 0 Å². The fraction of sp³-hybridized carbons (Fsp3) is 0.383. The van der Waals surface area contributed by atoms with Gasteiger partial charge in [-0.15, -0.1) is 0 Å². The predicted octanol–water partition coefficient (Wildman–Crippen LogP) is 6.05. The molecular weight excluding hydrogens is 727 g/mol. The SMILES string of the molecule is CCC1=[C]([Zr+2](=[C](c2ccccc2)c2ccccc2)[c]2cc(C(C)(C)C)cc3c2Cc2ccc(C(C)(C)C)cc2-3)C(CC)C=C1C(C)(C)C.[Cl-].[Cl-]. The molecule has 0 bridgehead atoms. The van der Waals surface area contributed by atoms with Gasteiger partial charge in [0, 0.05) is 0 Å². The summed E-state index contributed by atoms with van der Waals surface area (Å²) in [5.74, 6) is 0.483. The summed E-state index contributed by atoms with van der Waals surface area (Å²) in [6.45, 7) is 26.4. The van der Waals surface area contributed by atoms with E-state index < -0.39 is 21.3 Å². The summed E-state index contributed by atoms with van der Waals surface area (Å²) in [6, 6.07) is 35.6. The van der Waals surface area contributed by atoms with Crippen molar-refractivity contribution in [1.82, 2.24) is 0 Å². The maximum absolute atomic E-state index is 2.96. The zero-order valence-corrected chi connectivity index (χ0v) is 36.2. The van der Waals surface area contributed by atoms with Crippen molar-refractivity contribution in [2.24, 2.45) is 11.3 Å². The first kappa shape index (κ1) is 40.5. The number of allylic oxidation sites excluding steroid dienone is 4. The minimum Gasteiger partial charge on any atom is -1.00 e. The van der Waals surface area contributed by atoms with Crippen LogP contribution in [0.25, 0.3) is 11.1 Å². The van der Waals surface area contributed by atoms with Crippen LogP contribution in [0.5, 0.6) is 0 Å². The van der Waals surface area contributed by atoms with E-state index in [-0.39, 0.29) is 41.1 Å². The largest absolute Gasteiger partial charge is 1.00 e. The second kappa shape index (κ2) is 15.4. The first-order chi connectivity index (χ1) is 22.6. The fourth-order valence-corrected chi connectivity index (χ4v) is 17.4. The number of fused-ring (bicyclic) bond motifs is 3. The van der Waals surface area contributed by atoms with Crippen LogP contribution in [0.4, 0.5) is 0 Å². The third-order valence-corrected chi connectivity index (χ3v) is 18.7. The fourth-order valence-electron chi connectivity index (χ4n) is 7.97. The van der Waals surface area contributed by atoms with Crippen LogP contribution in [-0.2, 0) is 38.5 Å². The Hall–Kier alpha value is -2.31. The molecule has 0 heterocycles. The first-order valence-electron chi connectivity index (χ1n) is 18.3. The van der Waals surface area contributed by atoms with Crippen LogP contribution < -0.4 is 28.1 Å². The standard InChI is InChI=1S/C21H25.C13H10.C13H21.2ClH.Zr/c1-20(2,3)16-9-7-14-11-15-8-10-17(21(4,5)6)13-19(15)18(14)12-16;1-3-7-12(8-4-1)11-13-9-5-2-6-10-13;1-6-10-8-11(7-2)12(9-10)13(3,4)5;;;/h7,9-10,12-13H,11H2,1-6H3;1-10H;9-10H,6-7H2,1-5H3;2*1H;/q;;;;;+2/p-2. The number of hydrogen-bond donors (Lipinski definition) is 0. The molecule has 0 aliphatic heterocycles. The summed E-state index contributed by atoms with van der Waals surface area (Å²) in [6.07, 6.45) is 5.96. The van der Waals surface area contributed by atoms with E-state index in [2.05, 4.69) is 173 Å². The van der Waals surface area contributed by atoms with Crippen molar-refractivity contribution in [3.63, 3.8) is 0 Å². The van der Waals surface area contributed by atoms with Gasteiger partial charge in [0.25, 0.3) is 0 Å². The van der Waals surface area contributed by atoms with Gasteiger partial charge < -0.3 is 24.8 Å². The van der Waals surface area contributed by atoms with Crippen molar-refractivity contribution < 1.29 is 46.1 Å². The van der Waals surface area contributed by atoms with Crippen LogP contribution >= 0.6 is 0 Å². The van der Waals surface area contributed by atoms with Gasteiger partial charge in [0.15, 0.2) is 0 Å². The predicted molar refractivity (Wildman–Crippen MR) is 206 cm³/mol. The third kappa shape index (κ3) is 7.73. The van der Waals surface area contributed by atoms with E-state index in [0.29, 0.717) is 5.92 Å². The van der Waals surface area contributed by atoms with E-state index in [1.54, 1.807) is 23.2 Å². The van der Waals surface area contributed by atoms with Crippen LogP contribution in [0, 0.1) is 11.3 Å². The quantitative estimate of drug-likeness (QED) is 0.197. The number of halogens is 2. The van der Waals surface area contributed by atoms with Gasteiger partial charge in [-0.2, -0.15) is 0 Å². The minimum absolute atomic E-state index is 0. The van der Waals surface area contributed by atoms with Gasteiger partial charge in [-0.25, -0.2) is 0 Å². The molecule has 0 N–H and O–H groups in total. The number of benzene rings is 4. The van der Waals surface area contributed by atoms with Crippen molar-refractivity contribution in [2.45, 2.75) is 106 Å². The van der Waals surface area contributed by atoms with Crippen molar-refractivity contribution in [3.8, 4) is 11.1 Å². The van der Waals surface area contributed by atoms with Gasteiger partial charge in [0.2, 0.25) is 0 Å². The summed E-state index contributed by atoms with van der Waals surface area (Å²) in [4.78, 5) is 0. The van der Waals surface area contributed by atoms with Crippen molar-refractivity contribution in [3.05, 3.63) is 145 Å². The topological polar surface area (TPSA) is 0 Å². The molecule has 0 aromatic heterocycles. The molecule has 50 heavy (non-hydrogen) atoms. The molecule has 4 aromatic rings. The Morgan fingerprint density at radius 2 is 1.18 bits per heavy atom. The normalized spacial score (nSPS) is 15.3. The minimum atomic E-state index is -2.96. The Kier molecular flexibility index (Phi) is 12.4. The first-order valence-corrected chi connectivity index (χ1v) is 21.9. The Morgan fingerprint density at radius 1 is 0.640 bits per heavy atom. The number of rotatable bonds is 6. The van der Waals surface area contributed by atoms with E-state index in [1.807, 2.05) is 3.28 Å². The van der Waals surface area contributed by atoms with Crippen molar-refractivity contribution in [1.29, 1.82) is 0 Å². The van der Waals surface area contributed by atoms with Gasteiger partial charge in [-0.05, 0) is 0 Å². The third-order valence-electron chi connectivity index (χ3n) is 10.7. The summed E-state index contributed by atoms with van der Waals surface area (Å²) < 4.78 is 5.13. The van der Waals surface area contributed by atoms with Gasteiger partial charge >= 0.3 is 301 Å². The Bertz CT molecular complexity index is 1900. The van der Waals surface area contributed by atoms with Crippen LogP contribution in [-0.4, -0.2) is 3.21 Å². The molecular formula is C47H56Cl2Zr. The van der Waals surface area contributed by atoms with E-state index in [4.69, 9.17) is 0 Å². The summed E-state index contributed by atoms with van der Waals surface area (Å²) in [5.41, 5.74) is 15.3. The zero-order valence-electron chi connectivity index (χ0n) is 32.2. The molecule has 0 fully saturated rings. The maximum atomic E-state index is 2.71. The monoisotopic (exact) mass is 780 g/mol. The van der Waals surface area contributed by atoms with Crippen LogP contribution in [0.2, 0.25) is 0 Å². The molecule has 2 aliphatic rings. The molecule has 0 spiro atoms. The van der Waals surface area contributed by atoms with Gasteiger partial charge in [-0.3, -0.25) is 0 Å². The smallest absolute Gasteiger partial charge is 1.00 e. The Morgan fingerprint density at radius 3 is 1.66 bits per heavy atom. The molecule has 0 amide bonds. The Labute approximate surface area is 323 Å². The van der Waals surface area contributed by atoms with E-state index in [9.17, 15) is 0 Å². The zero-order chi connectivity index (χ0) is 34.6. The second-order valence-corrected chi connectivity index (χ2v) is 22.9. The molecule has 0 saturated heterocycles. The molecule has 1 unspecified atom stereocenters. The van der Waals surface area contributed by atoms with E-state index >= 15 is 0 Å². The van der Waals surface area contributed by atoms with E-state index in [0.717, 1.165) is 19.3 Å². The molecule has 6 rings (SSSR count). The summed E-state index contributed by atoms with van der Waals surface area (Å²) >= 11 is -2.96. The molecule has 2 aliphatic carbocycles. The van der Waals surface area contributed by atoms with Crippen molar-refractivity contribution in [2.75, 3.05) is 0 Å².